The standard InChI is InChI=1S/C12H12ClNO2/c1-3-6-14-8-11(15)9-4-5-10(13)12(7-9)16-2/h1,4-5,7,14H,6,8H2,2H3. The normalized spacial score (nSPS) is 9.56. The lowest BCUT2D eigenvalue weighted by Gasteiger charge is -2.06. The Kier molecular flexibility index (Phi) is 4.84. The summed E-state index contributed by atoms with van der Waals surface area (Å²) in [4.78, 5) is 11.7. The molecule has 0 atom stereocenters. The number of Topliss-reactive ketones (excluding diaryl/α,β-unsaturated/α-hetero) is 1. The summed E-state index contributed by atoms with van der Waals surface area (Å²) in [6.45, 7) is 0.575. The highest BCUT2D eigenvalue weighted by Crippen LogP contribution is 2.24. The van der Waals surface area contributed by atoms with Gasteiger partial charge in [-0.2, -0.15) is 0 Å². The van der Waals surface area contributed by atoms with Gasteiger partial charge in [-0.15, -0.1) is 6.42 Å². The molecule has 16 heavy (non-hydrogen) atoms. The molecule has 0 aliphatic rings. The molecule has 3 nitrogen and oxygen atoms in total. The molecule has 0 aliphatic heterocycles. The van der Waals surface area contributed by atoms with Crippen molar-refractivity contribution >= 4 is 17.4 Å². The fraction of sp³-hybridized carbons (Fsp3) is 0.250. The number of carbonyl (C=O) groups excluding carboxylic acids is 1. The molecule has 0 saturated carbocycles. The van der Waals surface area contributed by atoms with E-state index in [9.17, 15) is 4.79 Å². The maximum absolute atomic E-state index is 11.7. The number of benzene rings is 1. The van der Waals surface area contributed by atoms with E-state index in [4.69, 9.17) is 22.8 Å². The highest BCUT2D eigenvalue weighted by Gasteiger charge is 2.08. The molecular formula is C12H12ClNO2. The summed E-state index contributed by atoms with van der Waals surface area (Å²) in [5.41, 5.74) is 0.547. The van der Waals surface area contributed by atoms with Crippen molar-refractivity contribution in [3.05, 3.63) is 28.8 Å². The number of nitrogens with one attached hydrogen (secondary N) is 1. The van der Waals surface area contributed by atoms with Crippen molar-refractivity contribution in [2.24, 2.45) is 0 Å². The Balaban J connectivity index is 2.73. The van der Waals surface area contributed by atoms with E-state index in [1.807, 2.05) is 0 Å². The number of halogens is 1. The molecule has 0 amide bonds. The first-order valence-corrected chi connectivity index (χ1v) is 5.07. The molecular weight excluding hydrogens is 226 g/mol. The van der Waals surface area contributed by atoms with Crippen LogP contribution in [0.3, 0.4) is 0 Å². The smallest absolute Gasteiger partial charge is 0.176 e. The Morgan fingerprint density at radius 3 is 3.00 bits per heavy atom. The van der Waals surface area contributed by atoms with Gasteiger partial charge in [0.05, 0.1) is 25.2 Å². The zero-order valence-electron chi connectivity index (χ0n) is 8.92. The summed E-state index contributed by atoms with van der Waals surface area (Å²) < 4.78 is 5.02. The van der Waals surface area contributed by atoms with Crippen molar-refractivity contribution < 1.29 is 9.53 Å². The van der Waals surface area contributed by atoms with E-state index in [-0.39, 0.29) is 12.3 Å². The first-order chi connectivity index (χ1) is 7.69. The van der Waals surface area contributed by atoms with Gasteiger partial charge in [0.2, 0.25) is 0 Å². The molecule has 1 N–H and O–H groups in total. The third-order valence-electron chi connectivity index (χ3n) is 1.99. The van der Waals surface area contributed by atoms with Crippen LogP contribution in [0.2, 0.25) is 5.02 Å². The zero-order chi connectivity index (χ0) is 12.0. The molecule has 84 valence electrons. The van der Waals surface area contributed by atoms with Crippen molar-refractivity contribution in [1.82, 2.24) is 5.32 Å². The van der Waals surface area contributed by atoms with Crippen LogP contribution in [0.5, 0.6) is 5.75 Å². The molecule has 0 bridgehead atoms. The molecule has 4 heteroatoms. The molecule has 0 aromatic heterocycles. The highest BCUT2D eigenvalue weighted by molar-refractivity contribution is 6.32. The van der Waals surface area contributed by atoms with Gasteiger partial charge in [-0.05, 0) is 18.2 Å². The number of rotatable bonds is 5. The number of hydrogen-bond donors (Lipinski definition) is 1. The third kappa shape index (κ3) is 3.27. The van der Waals surface area contributed by atoms with Crippen molar-refractivity contribution in [1.29, 1.82) is 0 Å². The minimum atomic E-state index is -0.0507. The van der Waals surface area contributed by atoms with Gasteiger partial charge in [-0.1, -0.05) is 17.5 Å². The van der Waals surface area contributed by atoms with Gasteiger partial charge < -0.3 is 4.74 Å². The molecule has 0 radical (unpaired) electrons. The SMILES string of the molecule is C#CCNCC(=O)c1ccc(Cl)c(OC)c1. The number of methoxy groups -OCH3 is 1. The van der Waals surface area contributed by atoms with Gasteiger partial charge in [0.25, 0.3) is 0 Å². The number of ketones is 1. The van der Waals surface area contributed by atoms with Crippen molar-refractivity contribution in [3.63, 3.8) is 0 Å². The second-order valence-electron chi connectivity index (χ2n) is 3.08. The first kappa shape index (κ1) is 12.6. The molecule has 1 rings (SSSR count). The van der Waals surface area contributed by atoms with Crippen LogP contribution in [0.15, 0.2) is 18.2 Å². The molecule has 0 unspecified atom stereocenters. The van der Waals surface area contributed by atoms with Crippen LogP contribution < -0.4 is 10.1 Å². The van der Waals surface area contributed by atoms with Crippen LogP contribution in [-0.2, 0) is 0 Å². The molecule has 0 saturated heterocycles. The molecule has 0 heterocycles. The van der Waals surface area contributed by atoms with Crippen molar-refractivity contribution in [2.45, 2.75) is 0 Å². The average molecular weight is 238 g/mol. The Labute approximate surface area is 99.7 Å². The van der Waals surface area contributed by atoms with E-state index in [2.05, 4.69) is 11.2 Å². The van der Waals surface area contributed by atoms with Gasteiger partial charge in [-0.3, -0.25) is 10.1 Å². The highest BCUT2D eigenvalue weighted by atomic mass is 35.5. The Morgan fingerprint density at radius 2 is 2.38 bits per heavy atom. The summed E-state index contributed by atoms with van der Waals surface area (Å²) in [5.74, 6) is 2.84. The quantitative estimate of drug-likeness (QED) is 0.482. The molecule has 1 aromatic rings. The van der Waals surface area contributed by atoms with E-state index in [0.29, 0.717) is 22.9 Å². The summed E-state index contributed by atoms with van der Waals surface area (Å²) in [6, 6.07) is 4.90. The maximum Gasteiger partial charge on any atom is 0.176 e. The van der Waals surface area contributed by atoms with Crippen molar-refractivity contribution in [3.8, 4) is 18.1 Å². The van der Waals surface area contributed by atoms with Gasteiger partial charge in [0, 0.05) is 5.56 Å². The number of carbonyl (C=O) groups is 1. The Morgan fingerprint density at radius 1 is 1.62 bits per heavy atom. The van der Waals surface area contributed by atoms with Crippen molar-refractivity contribution in [2.75, 3.05) is 20.2 Å². The van der Waals surface area contributed by atoms with Crippen LogP contribution in [0, 0.1) is 12.3 Å². The van der Waals surface area contributed by atoms with E-state index in [1.165, 1.54) is 7.11 Å². The summed E-state index contributed by atoms with van der Waals surface area (Å²) >= 11 is 5.85. The monoisotopic (exact) mass is 237 g/mol. The second kappa shape index (κ2) is 6.16. The first-order valence-electron chi connectivity index (χ1n) is 4.70. The number of ether oxygens (including phenoxy) is 1. The molecule has 1 aromatic carbocycles. The zero-order valence-corrected chi connectivity index (χ0v) is 9.67. The summed E-state index contributed by atoms with van der Waals surface area (Å²) in [5, 5.41) is 3.31. The van der Waals surface area contributed by atoms with Crippen LogP contribution >= 0.6 is 11.6 Å². The Bertz CT molecular complexity index is 424. The van der Waals surface area contributed by atoms with Crippen LogP contribution in [-0.4, -0.2) is 26.0 Å². The van der Waals surface area contributed by atoms with Crippen LogP contribution in [0.1, 0.15) is 10.4 Å². The lowest BCUT2D eigenvalue weighted by molar-refractivity contribution is 0.0992. The van der Waals surface area contributed by atoms with E-state index in [1.54, 1.807) is 18.2 Å². The second-order valence-corrected chi connectivity index (χ2v) is 3.49. The van der Waals surface area contributed by atoms with Crippen LogP contribution in [0.4, 0.5) is 0 Å². The van der Waals surface area contributed by atoms with Gasteiger partial charge in [-0.25, -0.2) is 0 Å². The van der Waals surface area contributed by atoms with E-state index >= 15 is 0 Å². The minimum Gasteiger partial charge on any atom is -0.495 e. The lowest BCUT2D eigenvalue weighted by Crippen LogP contribution is -2.23. The van der Waals surface area contributed by atoms with Gasteiger partial charge in [0.15, 0.2) is 5.78 Å². The number of terminal acetylenes is 1. The maximum atomic E-state index is 11.7. The third-order valence-corrected chi connectivity index (χ3v) is 2.30. The summed E-state index contributed by atoms with van der Waals surface area (Å²) in [7, 11) is 1.51. The lowest BCUT2D eigenvalue weighted by atomic mass is 10.1. The average Bonchev–Trinajstić information content (AvgIpc) is 2.30. The van der Waals surface area contributed by atoms with Crippen LogP contribution in [0.25, 0.3) is 0 Å². The predicted octanol–water partition coefficient (Wildman–Crippen LogP) is 1.75. The summed E-state index contributed by atoms with van der Waals surface area (Å²) in [6.07, 6.45) is 5.06. The van der Waals surface area contributed by atoms with E-state index in [0.717, 1.165) is 0 Å². The topological polar surface area (TPSA) is 38.3 Å². The minimum absolute atomic E-state index is 0.0507. The molecule has 0 aliphatic carbocycles. The van der Waals surface area contributed by atoms with Gasteiger partial charge in [0.1, 0.15) is 5.75 Å². The fourth-order valence-electron chi connectivity index (χ4n) is 1.18. The predicted molar refractivity (Wildman–Crippen MR) is 64.0 cm³/mol. The van der Waals surface area contributed by atoms with Gasteiger partial charge >= 0.3 is 0 Å². The number of hydrogen-bond acceptors (Lipinski definition) is 3. The molecule has 0 spiro atoms. The Hall–Kier alpha value is -1.50. The molecule has 0 fully saturated rings. The fourth-order valence-corrected chi connectivity index (χ4v) is 1.38. The van der Waals surface area contributed by atoms with E-state index < -0.39 is 0 Å². The largest absolute Gasteiger partial charge is 0.495 e.